The minimum absolute atomic E-state index is 0.477. The van der Waals surface area contributed by atoms with Crippen LogP contribution in [0.4, 0.5) is 5.69 Å². The molecular weight excluding hydrogens is 220 g/mol. The van der Waals surface area contributed by atoms with Gasteiger partial charge in [-0.25, -0.2) is 5.01 Å². The zero-order valence-corrected chi connectivity index (χ0v) is 10.9. The highest BCUT2D eigenvalue weighted by Gasteiger charge is 2.30. The van der Waals surface area contributed by atoms with Crippen LogP contribution in [0, 0.1) is 0 Å². The molecule has 0 radical (unpaired) electrons. The zero-order chi connectivity index (χ0) is 12.5. The Morgan fingerprint density at radius 2 is 1.61 bits per heavy atom. The summed E-state index contributed by atoms with van der Waals surface area (Å²) in [6.45, 7) is 1.02. The molecule has 2 aromatic rings. The van der Waals surface area contributed by atoms with E-state index in [1.807, 2.05) is 0 Å². The summed E-state index contributed by atoms with van der Waals surface area (Å²) in [5, 5.41) is 4.51. The molecule has 0 aliphatic carbocycles. The van der Waals surface area contributed by atoms with E-state index < -0.39 is 0 Å². The molecular formula is C16H18N2. The summed E-state index contributed by atoms with van der Waals surface area (Å²) in [4.78, 5) is 0. The van der Waals surface area contributed by atoms with Crippen LogP contribution in [0.3, 0.4) is 0 Å². The lowest BCUT2D eigenvalue weighted by Gasteiger charge is -2.27. The Hall–Kier alpha value is -1.80. The van der Waals surface area contributed by atoms with Gasteiger partial charge in [0.1, 0.15) is 0 Å². The molecule has 0 amide bonds. The first kappa shape index (κ1) is 11.3. The first-order valence-electron chi connectivity index (χ1n) is 6.36. The Balaban J connectivity index is 2.05. The summed E-state index contributed by atoms with van der Waals surface area (Å²) < 4.78 is 0. The van der Waals surface area contributed by atoms with E-state index >= 15 is 0 Å². The molecule has 0 saturated heterocycles. The lowest BCUT2D eigenvalue weighted by atomic mass is 9.93. The van der Waals surface area contributed by atoms with Crippen molar-refractivity contribution in [1.29, 1.82) is 0 Å². The van der Waals surface area contributed by atoms with Gasteiger partial charge >= 0.3 is 0 Å². The lowest BCUT2D eigenvalue weighted by Crippen LogP contribution is -2.35. The van der Waals surface area contributed by atoms with Crippen LogP contribution < -0.4 is 5.01 Å². The molecule has 92 valence electrons. The molecule has 1 atom stereocenters. The third-order valence-corrected chi connectivity index (χ3v) is 3.63. The van der Waals surface area contributed by atoms with Crippen molar-refractivity contribution in [3.8, 4) is 0 Å². The van der Waals surface area contributed by atoms with E-state index in [9.17, 15) is 0 Å². The zero-order valence-electron chi connectivity index (χ0n) is 10.9. The summed E-state index contributed by atoms with van der Waals surface area (Å²) in [6.07, 6.45) is 0. The lowest BCUT2D eigenvalue weighted by molar-refractivity contribution is 0.376. The molecule has 18 heavy (non-hydrogen) atoms. The smallest absolute Gasteiger partial charge is 0.0561 e. The maximum atomic E-state index is 2.34. The molecule has 2 aromatic carbocycles. The maximum absolute atomic E-state index is 2.34. The van der Waals surface area contributed by atoms with E-state index in [0.717, 1.165) is 6.54 Å². The number of para-hydroxylation sites is 1. The van der Waals surface area contributed by atoms with Gasteiger partial charge in [-0.05, 0) is 17.2 Å². The van der Waals surface area contributed by atoms with Crippen molar-refractivity contribution in [3.05, 3.63) is 65.7 Å². The number of fused-ring (bicyclic) bond motifs is 1. The van der Waals surface area contributed by atoms with Crippen LogP contribution in [0.25, 0.3) is 0 Å². The molecule has 0 spiro atoms. The molecule has 3 rings (SSSR count). The standard InChI is InChI=1S/C16H18N2/c1-17(2)18-12-15(13-8-4-3-5-9-13)14-10-6-7-11-16(14)18/h3-11,15H,12H2,1-2H3. The van der Waals surface area contributed by atoms with E-state index in [-0.39, 0.29) is 0 Å². The van der Waals surface area contributed by atoms with E-state index in [2.05, 4.69) is 78.7 Å². The van der Waals surface area contributed by atoms with Crippen molar-refractivity contribution in [2.75, 3.05) is 25.6 Å². The first-order chi connectivity index (χ1) is 8.77. The number of hydrogen-bond acceptors (Lipinski definition) is 2. The SMILES string of the molecule is CN(C)N1CC(c2ccccc2)c2ccccc21. The summed E-state index contributed by atoms with van der Waals surface area (Å²) in [6, 6.07) is 19.5. The van der Waals surface area contributed by atoms with Gasteiger partial charge in [0.05, 0.1) is 5.69 Å². The van der Waals surface area contributed by atoms with Gasteiger partial charge in [-0.15, -0.1) is 0 Å². The third-order valence-electron chi connectivity index (χ3n) is 3.63. The number of nitrogens with zero attached hydrogens (tertiary/aromatic N) is 2. The predicted octanol–water partition coefficient (Wildman–Crippen LogP) is 3.12. The van der Waals surface area contributed by atoms with Gasteiger partial charge in [-0.1, -0.05) is 48.5 Å². The van der Waals surface area contributed by atoms with Crippen LogP contribution in [0.5, 0.6) is 0 Å². The van der Waals surface area contributed by atoms with Gasteiger partial charge in [-0.3, -0.25) is 0 Å². The molecule has 2 heteroatoms. The van der Waals surface area contributed by atoms with Crippen LogP contribution in [0.15, 0.2) is 54.6 Å². The van der Waals surface area contributed by atoms with Crippen LogP contribution in [0.1, 0.15) is 17.0 Å². The first-order valence-corrected chi connectivity index (χ1v) is 6.36. The quantitative estimate of drug-likeness (QED) is 0.793. The van der Waals surface area contributed by atoms with Gasteiger partial charge in [-0.2, -0.15) is 0 Å². The Morgan fingerprint density at radius 1 is 0.944 bits per heavy atom. The molecule has 0 N–H and O–H groups in total. The van der Waals surface area contributed by atoms with Gasteiger partial charge in [0.2, 0.25) is 0 Å². The van der Waals surface area contributed by atoms with Gasteiger partial charge in [0.25, 0.3) is 0 Å². The van der Waals surface area contributed by atoms with Gasteiger partial charge in [0.15, 0.2) is 0 Å². The van der Waals surface area contributed by atoms with Crippen LogP contribution >= 0.6 is 0 Å². The second kappa shape index (κ2) is 4.46. The number of anilines is 1. The fraction of sp³-hybridized carbons (Fsp3) is 0.250. The van der Waals surface area contributed by atoms with Crippen LogP contribution in [-0.2, 0) is 0 Å². The predicted molar refractivity (Wildman–Crippen MR) is 75.8 cm³/mol. The fourth-order valence-electron chi connectivity index (χ4n) is 2.74. The number of rotatable bonds is 2. The number of hydrazine groups is 1. The Morgan fingerprint density at radius 3 is 2.33 bits per heavy atom. The Labute approximate surface area is 108 Å². The molecule has 1 aliphatic rings. The third kappa shape index (κ3) is 1.79. The second-order valence-corrected chi connectivity index (χ2v) is 4.95. The Bertz CT molecular complexity index is 534. The summed E-state index contributed by atoms with van der Waals surface area (Å²) in [5.41, 5.74) is 4.16. The highest BCUT2D eigenvalue weighted by atomic mass is 15.6. The van der Waals surface area contributed by atoms with Gasteiger partial charge < -0.3 is 5.01 Å². The molecule has 0 fully saturated rings. The van der Waals surface area contributed by atoms with Crippen molar-refractivity contribution in [2.45, 2.75) is 5.92 Å². The monoisotopic (exact) mass is 238 g/mol. The van der Waals surface area contributed by atoms with Gasteiger partial charge in [0, 0.05) is 26.6 Å². The maximum Gasteiger partial charge on any atom is 0.0561 e. The molecule has 0 saturated carbocycles. The number of benzene rings is 2. The summed E-state index contributed by atoms with van der Waals surface area (Å²) in [7, 11) is 4.20. The van der Waals surface area contributed by atoms with E-state index in [1.165, 1.54) is 16.8 Å². The van der Waals surface area contributed by atoms with Crippen LogP contribution in [-0.4, -0.2) is 25.6 Å². The summed E-state index contributed by atoms with van der Waals surface area (Å²) >= 11 is 0. The summed E-state index contributed by atoms with van der Waals surface area (Å²) in [5.74, 6) is 0.477. The normalized spacial score (nSPS) is 18.2. The molecule has 1 heterocycles. The topological polar surface area (TPSA) is 6.48 Å². The van der Waals surface area contributed by atoms with Crippen LogP contribution in [0.2, 0.25) is 0 Å². The van der Waals surface area contributed by atoms with Crippen molar-refractivity contribution >= 4 is 5.69 Å². The molecule has 1 aliphatic heterocycles. The largest absolute Gasteiger partial charge is 0.305 e. The fourth-order valence-corrected chi connectivity index (χ4v) is 2.74. The highest BCUT2D eigenvalue weighted by Crippen LogP contribution is 2.39. The molecule has 1 unspecified atom stereocenters. The van der Waals surface area contributed by atoms with E-state index in [0.29, 0.717) is 5.92 Å². The number of hydrogen-bond donors (Lipinski definition) is 0. The average Bonchev–Trinajstić information content (AvgIpc) is 2.79. The second-order valence-electron chi connectivity index (χ2n) is 4.95. The minimum Gasteiger partial charge on any atom is -0.305 e. The molecule has 2 nitrogen and oxygen atoms in total. The minimum atomic E-state index is 0.477. The van der Waals surface area contributed by atoms with E-state index in [4.69, 9.17) is 0 Å². The van der Waals surface area contributed by atoms with E-state index in [1.54, 1.807) is 0 Å². The van der Waals surface area contributed by atoms with Crippen molar-refractivity contribution < 1.29 is 0 Å². The van der Waals surface area contributed by atoms with Crippen molar-refractivity contribution in [2.24, 2.45) is 0 Å². The van der Waals surface area contributed by atoms with Crippen molar-refractivity contribution in [1.82, 2.24) is 5.01 Å². The molecule has 0 aromatic heterocycles. The Kier molecular flexibility index (Phi) is 2.80. The molecule has 0 bridgehead atoms. The average molecular weight is 238 g/mol. The highest BCUT2D eigenvalue weighted by molar-refractivity contribution is 5.61. The van der Waals surface area contributed by atoms with Crippen molar-refractivity contribution in [3.63, 3.8) is 0 Å².